The lowest BCUT2D eigenvalue weighted by Gasteiger charge is -2.18. The molecule has 226 valence electrons. The number of hydrogen-bond donors (Lipinski definition) is 2. The maximum atomic E-state index is 14.4. The van der Waals surface area contributed by atoms with E-state index in [-0.39, 0.29) is 25.1 Å². The fraction of sp³-hybridized carbons (Fsp3) is 0.281. The van der Waals surface area contributed by atoms with Crippen LogP contribution in [0.2, 0.25) is 0 Å². The topological polar surface area (TPSA) is 141 Å². The predicted octanol–water partition coefficient (Wildman–Crippen LogP) is 4.56. The summed E-state index contributed by atoms with van der Waals surface area (Å²) in [6.07, 6.45) is 3.39. The summed E-state index contributed by atoms with van der Waals surface area (Å²) in [5.74, 6) is -0.833. The van der Waals surface area contributed by atoms with Gasteiger partial charge in [0.15, 0.2) is 0 Å². The van der Waals surface area contributed by atoms with E-state index in [4.69, 9.17) is 4.74 Å². The van der Waals surface area contributed by atoms with Crippen LogP contribution in [0.3, 0.4) is 0 Å². The first-order valence-corrected chi connectivity index (χ1v) is 14.5. The molecule has 2 N–H and O–H groups in total. The molecule has 44 heavy (non-hydrogen) atoms. The predicted molar refractivity (Wildman–Crippen MR) is 161 cm³/mol. The van der Waals surface area contributed by atoms with Crippen LogP contribution in [0.4, 0.5) is 4.39 Å². The minimum atomic E-state index is -0.676. The van der Waals surface area contributed by atoms with E-state index in [9.17, 15) is 14.0 Å². The molecule has 0 aliphatic carbocycles. The molecule has 1 unspecified atom stereocenters. The number of rotatable bonds is 13. The molecular formula is C32H33FN8O3. The molecule has 5 rings (SSSR count). The molecule has 1 atom stereocenters. The molecule has 12 heteroatoms. The Kier molecular flexibility index (Phi) is 9.80. The van der Waals surface area contributed by atoms with Crippen molar-refractivity contribution in [3.8, 4) is 22.6 Å². The normalized spacial score (nSPS) is 11.7. The highest BCUT2D eigenvalue weighted by atomic mass is 19.1. The lowest BCUT2D eigenvalue weighted by molar-refractivity contribution is -0.143. The van der Waals surface area contributed by atoms with E-state index >= 15 is 0 Å². The average Bonchev–Trinajstić information content (AvgIpc) is 3.70. The Labute approximate surface area is 253 Å². The van der Waals surface area contributed by atoms with E-state index in [0.717, 1.165) is 34.5 Å². The number of amides is 1. The van der Waals surface area contributed by atoms with E-state index in [0.29, 0.717) is 24.4 Å². The lowest BCUT2D eigenvalue weighted by Crippen LogP contribution is -2.39. The monoisotopic (exact) mass is 596 g/mol. The van der Waals surface area contributed by atoms with Gasteiger partial charge in [-0.05, 0) is 54.3 Å². The third-order valence-electron chi connectivity index (χ3n) is 7.03. The maximum Gasteiger partial charge on any atom is 0.307 e. The molecule has 0 saturated carbocycles. The van der Waals surface area contributed by atoms with E-state index in [2.05, 4.69) is 42.9 Å². The van der Waals surface area contributed by atoms with Crippen LogP contribution in [0.5, 0.6) is 0 Å². The van der Waals surface area contributed by atoms with Crippen molar-refractivity contribution in [2.24, 2.45) is 0 Å². The number of ether oxygens (including phenoxy) is 1. The van der Waals surface area contributed by atoms with Crippen molar-refractivity contribution in [2.75, 3.05) is 6.61 Å². The van der Waals surface area contributed by atoms with Gasteiger partial charge in [0.25, 0.3) is 5.91 Å². The van der Waals surface area contributed by atoms with Crippen LogP contribution in [0.1, 0.15) is 54.0 Å². The zero-order valence-electron chi connectivity index (χ0n) is 24.5. The van der Waals surface area contributed by atoms with Gasteiger partial charge in [-0.3, -0.25) is 19.3 Å². The van der Waals surface area contributed by atoms with Crippen LogP contribution < -0.4 is 5.32 Å². The number of nitrogens with one attached hydrogen (secondary N) is 2. The van der Waals surface area contributed by atoms with Gasteiger partial charge in [-0.1, -0.05) is 61.9 Å². The number of hydrogen-bond acceptors (Lipinski definition) is 8. The first-order chi connectivity index (χ1) is 21.4. The van der Waals surface area contributed by atoms with Gasteiger partial charge < -0.3 is 10.1 Å². The minimum Gasteiger partial charge on any atom is -0.466 e. The number of pyridine rings is 1. The molecule has 5 aromatic rings. The van der Waals surface area contributed by atoms with Crippen molar-refractivity contribution in [1.82, 2.24) is 40.7 Å². The van der Waals surface area contributed by atoms with Crippen LogP contribution in [0.25, 0.3) is 22.6 Å². The number of halogens is 1. The number of H-pyrrole nitrogens is 1. The summed E-state index contributed by atoms with van der Waals surface area (Å²) in [7, 11) is 0. The quantitative estimate of drug-likeness (QED) is 0.189. The highest BCUT2D eigenvalue weighted by molar-refractivity contribution is 5.93. The highest BCUT2D eigenvalue weighted by Crippen LogP contribution is 2.28. The molecule has 0 spiro atoms. The Morgan fingerprint density at radius 2 is 1.84 bits per heavy atom. The van der Waals surface area contributed by atoms with Gasteiger partial charge in [0.1, 0.15) is 11.5 Å². The molecule has 0 radical (unpaired) electrons. The van der Waals surface area contributed by atoms with Crippen LogP contribution in [0.15, 0.2) is 72.9 Å². The zero-order chi connectivity index (χ0) is 30.9. The summed E-state index contributed by atoms with van der Waals surface area (Å²) in [4.78, 5) is 30.3. The lowest BCUT2D eigenvalue weighted by atomic mass is 10.0. The van der Waals surface area contributed by atoms with Gasteiger partial charge in [0.2, 0.25) is 5.82 Å². The zero-order valence-corrected chi connectivity index (χ0v) is 24.5. The molecule has 0 aliphatic heterocycles. The minimum absolute atomic E-state index is 0.0929. The number of benzene rings is 2. The molecule has 2 aromatic carbocycles. The molecule has 11 nitrogen and oxygen atoms in total. The Balaban J connectivity index is 1.33. The summed E-state index contributed by atoms with van der Waals surface area (Å²) in [6, 6.07) is 19.0. The molecule has 0 fully saturated rings. The van der Waals surface area contributed by atoms with E-state index < -0.39 is 23.7 Å². The van der Waals surface area contributed by atoms with Crippen LogP contribution in [0, 0.1) is 5.82 Å². The smallest absolute Gasteiger partial charge is 0.307 e. The number of aryl methyl sites for hydroxylation is 1. The number of tetrazole rings is 1. The molecule has 1 amide bonds. The molecule has 0 bridgehead atoms. The average molecular weight is 597 g/mol. The Morgan fingerprint density at radius 3 is 2.55 bits per heavy atom. The SMILES string of the molecule is CCCc1cc(C(=O)NC(CC(=O)OCC)Cc2ccccc2F)nn1Cc1ccc(-c2ccccc2-c2nn[nH]n2)nc1. The van der Waals surface area contributed by atoms with Gasteiger partial charge in [-0.15, -0.1) is 10.2 Å². The standard InChI is InChI=1S/C32H33FN8O3/c1-3-9-24-18-29(32(43)35-23(17-30(42)44-4-2)16-22-10-5-8-13-27(22)33)38-41(24)20-21-14-15-28(34-19-21)25-11-6-7-12-26(25)31-36-39-40-37-31/h5-8,10-15,18-19,23H,3-4,9,16-17,20H2,1-2H3,(H,35,43)(H,36,37,39,40). The van der Waals surface area contributed by atoms with Gasteiger partial charge in [0.05, 0.1) is 25.3 Å². The summed E-state index contributed by atoms with van der Waals surface area (Å²) in [6.45, 7) is 4.38. The molecule has 3 heterocycles. The van der Waals surface area contributed by atoms with Crippen LogP contribution in [-0.4, -0.2) is 59.9 Å². The third kappa shape index (κ3) is 7.38. The second-order valence-corrected chi connectivity index (χ2v) is 10.2. The Bertz CT molecular complexity index is 1700. The summed E-state index contributed by atoms with van der Waals surface area (Å²) < 4.78 is 21.3. The molecule has 0 saturated heterocycles. The van der Waals surface area contributed by atoms with Gasteiger partial charge in [0, 0.05) is 29.1 Å². The van der Waals surface area contributed by atoms with Crippen molar-refractivity contribution >= 4 is 11.9 Å². The van der Waals surface area contributed by atoms with Crippen LogP contribution in [-0.2, 0) is 28.9 Å². The number of carbonyl (C=O) groups is 2. The van der Waals surface area contributed by atoms with E-state index in [1.165, 1.54) is 6.07 Å². The number of nitrogens with zero attached hydrogens (tertiary/aromatic N) is 6. The van der Waals surface area contributed by atoms with Crippen molar-refractivity contribution in [3.05, 3.63) is 101 Å². The van der Waals surface area contributed by atoms with Gasteiger partial charge >= 0.3 is 5.97 Å². The molecule has 0 aliphatic rings. The number of aromatic nitrogens is 7. The van der Waals surface area contributed by atoms with Crippen molar-refractivity contribution in [3.63, 3.8) is 0 Å². The van der Waals surface area contributed by atoms with Crippen LogP contribution >= 0.6 is 0 Å². The summed E-state index contributed by atoms with van der Waals surface area (Å²) in [5.41, 5.74) is 4.84. The first-order valence-electron chi connectivity index (χ1n) is 14.5. The second-order valence-electron chi connectivity index (χ2n) is 10.2. The van der Waals surface area contributed by atoms with Gasteiger partial charge in [-0.2, -0.15) is 10.3 Å². The van der Waals surface area contributed by atoms with Crippen molar-refractivity contribution < 1.29 is 18.7 Å². The van der Waals surface area contributed by atoms with Crippen molar-refractivity contribution in [2.45, 2.75) is 52.1 Å². The van der Waals surface area contributed by atoms with E-state index in [1.807, 2.05) is 36.4 Å². The number of carbonyl (C=O) groups excluding carboxylic acids is 2. The third-order valence-corrected chi connectivity index (χ3v) is 7.03. The molecular weight excluding hydrogens is 563 g/mol. The summed E-state index contributed by atoms with van der Waals surface area (Å²) >= 11 is 0. The number of esters is 1. The maximum absolute atomic E-state index is 14.4. The Hall–Kier alpha value is -5.26. The summed E-state index contributed by atoms with van der Waals surface area (Å²) in [5, 5.41) is 21.8. The highest BCUT2D eigenvalue weighted by Gasteiger charge is 2.22. The van der Waals surface area contributed by atoms with Gasteiger partial charge in [-0.25, -0.2) is 4.39 Å². The fourth-order valence-corrected chi connectivity index (χ4v) is 4.97. The molecule has 3 aromatic heterocycles. The largest absolute Gasteiger partial charge is 0.466 e. The fourth-order valence-electron chi connectivity index (χ4n) is 4.97. The second kappa shape index (κ2) is 14.3. The number of aromatic amines is 1. The van der Waals surface area contributed by atoms with Crippen molar-refractivity contribution in [1.29, 1.82) is 0 Å². The first kappa shape index (κ1) is 30.2. The van der Waals surface area contributed by atoms with E-state index in [1.54, 1.807) is 42.1 Å². The Morgan fingerprint density at radius 1 is 1.05 bits per heavy atom.